The lowest BCUT2D eigenvalue weighted by molar-refractivity contribution is 0.589. The zero-order valence-corrected chi connectivity index (χ0v) is 14.7. The molecule has 0 aliphatic carbocycles. The molecule has 1 atom stereocenters. The van der Waals surface area contributed by atoms with E-state index in [9.17, 15) is 0 Å². The number of rotatable bonds is 4. The molecular weight excluding hydrogens is 322 g/mol. The minimum atomic E-state index is 0.159. The summed E-state index contributed by atoms with van der Waals surface area (Å²) in [7, 11) is 0. The summed E-state index contributed by atoms with van der Waals surface area (Å²) >= 11 is 3.46. The molecule has 0 aliphatic rings. The summed E-state index contributed by atoms with van der Waals surface area (Å²) in [5.41, 5.74) is 10.5. The Morgan fingerprint density at radius 2 is 1.29 bits per heavy atom. The molecule has 0 fully saturated rings. The normalized spacial score (nSPS) is 13.2. The van der Waals surface area contributed by atoms with Gasteiger partial charge in [0, 0.05) is 10.5 Å². The van der Waals surface area contributed by atoms with Crippen LogP contribution in [0.15, 0.2) is 53.0 Å². The van der Waals surface area contributed by atoms with Crippen LogP contribution in [0.1, 0.15) is 37.5 Å². The van der Waals surface area contributed by atoms with Crippen molar-refractivity contribution in [2.75, 3.05) is 0 Å². The van der Waals surface area contributed by atoms with E-state index in [4.69, 9.17) is 5.73 Å². The molecule has 112 valence electrons. The molecule has 0 bridgehead atoms. The fourth-order valence-electron chi connectivity index (χ4n) is 2.44. The molecule has 2 heteroatoms. The molecule has 21 heavy (non-hydrogen) atoms. The first-order valence-electron chi connectivity index (χ1n) is 7.44. The van der Waals surface area contributed by atoms with E-state index in [-0.39, 0.29) is 11.5 Å². The Bertz CT molecular complexity index is 564. The second-order valence-corrected chi connectivity index (χ2v) is 7.66. The van der Waals surface area contributed by atoms with Crippen molar-refractivity contribution < 1.29 is 0 Å². The highest BCUT2D eigenvalue weighted by Crippen LogP contribution is 2.22. The quantitative estimate of drug-likeness (QED) is 0.841. The largest absolute Gasteiger partial charge is 0.327 e. The van der Waals surface area contributed by atoms with Crippen molar-refractivity contribution >= 4 is 15.9 Å². The van der Waals surface area contributed by atoms with E-state index < -0.39 is 0 Å². The van der Waals surface area contributed by atoms with Crippen molar-refractivity contribution in [3.05, 3.63) is 69.7 Å². The smallest absolute Gasteiger partial charge is 0.0175 e. The van der Waals surface area contributed by atoms with Crippen molar-refractivity contribution in [3.8, 4) is 0 Å². The summed E-state index contributed by atoms with van der Waals surface area (Å²) in [6.45, 7) is 6.71. The zero-order chi connectivity index (χ0) is 15.5. The first kappa shape index (κ1) is 16.3. The van der Waals surface area contributed by atoms with Crippen molar-refractivity contribution in [1.82, 2.24) is 0 Å². The monoisotopic (exact) mass is 345 g/mol. The topological polar surface area (TPSA) is 26.0 Å². The van der Waals surface area contributed by atoms with E-state index in [1.807, 2.05) is 0 Å². The molecule has 0 radical (unpaired) electrons. The molecule has 0 saturated carbocycles. The van der Waals surface area contributed by atoms with Gasteiger partial charge in [-0.05, 0) is 47.1 Å². The van der Waals surface area contributed by atoms with Gasteiger partial charge >= 0.3 is 0 Å². The van der Waals surface area contributed by atoms with Gasteiger partial charge in [-0.25, -0.2) is 0 Å². The van der Waals surface area contributed by atoms with Gasteiger partial charge in [-0.15, -0.1) is 0 Å². The summed E-state index contributed by atoms with van der Waals surface area (Å²) in [5.74, 6) is 0. The Kier molecular flexibility index (Phi) is 5.23. The first-order valence-corrected chi connectivity index (χ1v) is 8.23. The van der Waals surface area contributed by atoms with Crippen LogP contribution in [0.2, 0.25) is 0 Å². The molecule has 0 aliphatic heterocycles. The van der Waals surface area contributed by atoms with Crippen LogP contribution in [-0.2, 0) is 18.3 Å². The highest BCUT2D eigenvalue weighted by molar-refractivity contribution is 9.10. The predicted octanol–water partition coefficient (Wildman–Crippen LogP) is 4.86. The Morgan fingerprint density at radius 3 is 1.71 bits per heavy atom. The third-order valence-electron chi connectivity index (χ3n) is 3.73. The summed E-state index contributed by atoms with van der Waals surface area (Å²) in [4.78, 5) is 0. The van der Waals surface area contributed by atoms with Crippen LogP contribution >= 0.6 is 15.9 Å². The average molecular weight is 346 g/mol. The molecule has 2 rings (SSSR count). The van der Waals surface area contributed by atoms with E-state index >= 15 is 0 Å². The molecular formula is C19H24BrN. The summed E-state index contributed by atoms with van der Waals surface area (Å²) in [6, 6.07) is 17.4. The van der Waals surface area contributed by atoms with Crippen LogP contribution in [0.4, 0.5) is 0 Å². The molecule has 0 heterocycles. The van der Waals surface area contributed by atoms with Gasteiger partial charge in [-0.2, -0.15) is 0 Å². The van der Waals surface area contributed by atoms with E-state index in [1.54, 1.807) is 0 Å². The molecule has 0 aromatic heterocycles. The van der Waals surface area contributed by atoms with Gasteiger partial charge in [0.1, 0.15) is 0 Å². The number of halogens is 1. The van der Waals surface area contributed by atoms with E-state index in [0.717, 1.165) is 17.3 Å². The van der Waals surface area contributed by atoms with Crippen LogP contribution in [0.3, 0.4) is 0 Å². The molecule has 1 nitrogen and oxygen atoms in total. The third kappa shape index (κ3) is 4.98. The molecule has 0 saturated heterocycles. The number of hydrogen-bond donors (Lipinski definition) is 1. The van der Waals surface area contributed by atoms with Gasteiger partial charge < -0.3 is 5.73 Å². The molecule has 2 aromatic carbocycles. The zero-order valence-electron chi connectivity index (χ0n) is 13.1. The van der Waals surface area contributed by atoms with E-state index in [2.05, 4.69) is 85.2 Å². The number of hydrogen-bond acceptors (Lipinski definition) is 1. The lowest BCUT2D eigenvalue weighted by Crippen LogP contribution is -2.25. The molecule has 2 N–H and O–H groups in total. The fraction of sp³-hybridized carbons (Fsp3) is 0.368. The Balaban J connectivity index is 1.96. The Hall–Kier alpha value is -1.12. The van der Waals surface area contributed by atoms with Gasteiger partial charge in [-0.1, -0.05) is 73.1 Å². The lowest BCUT2D eigenvalue weighted by Gasteiger charge is -2.19. The van der Waals surface area contributed by atoms with Crippen LogP contribution in [-0.4, -0.2) is 6.04 Å². The van der Waals surface area contributed by atoms with Crippen molar-refractivity contribution in [2.45, 2.75) is 45.1 Å². The minimum absolute atomic E-state index is 0.159. The standard InChI is InChI=1S/C19H24BrN/c1-19(2,3)16-8-4-14(5-9-16)12-18(21)13-15-6-10-17(20)11-7-15/h4-11,18H,12-13,21H2,1-3H3. The van der Waals surface area contributed by atoms with Crippen LogP contribution in [0.25, 0.3) is 0 Å². The molecule has 0 spiro atoms. The fourth-order valence-corrected chi connectivity index (χ4v) is 2.70. The van der Waals surface area contributed by atoms with Crippen LogP contribution in [0, 0.1) is 0 Å². The van der Waals surface area contributed by atoms with Crippen LogP contribution < -0.4 is 5.73 Å². The maximum Gasteiger partial charge on any atom is 0.0175 e. The van der Waals surface area contributed by atoms with Gasteiger partial charge in [0.15, 0.2) is 0 Å². The second-order valence-electron chi connectivity index (χ2n) is 6.74. The van der Waals surface area contributed by atoms with Crippen molar-refractivity contribution in [2.24, 2.45) is 5.73 Å². The maximum absolute atomic E-state index is 6.29. The number of nitrogens with two attached hydrogens (primary N) is 1. The van der Waals surface area contributed by atoms with Crippen molar-refractivity contribution in [3.63, 3.8) is 0 Å². The van der Waals surface area contributed by atoms with Gasteiger partial charge in [0.2, 0.25) is 0 Å². The van der Waals surface area contributed by atoms with Gasteiger partial charge in [0.25, 0.3) is 0 Å². The Morgan fingerprint density at radius 1 is 0.857 bits per heavy atom. The summed E-state index contributed by atoms with van der Waals surface area (Å²) in [5, 5.41) is 0. The number of benzene rings is 2. The molecule has 1 unspecified atom stereocenters. The maximum atomic E-state index is 6.29. The van der Waals surface area contributed by atoms with Crippen molar-refractivity contribution in [1.29, 1.82) is 0 Å². The third-order valence-corrected chi connectivity index (χ3v) is 4.26. The average Bonchev–Trinajstić information content (AvgIpc) is 2.41. The highest BCUT2D eigenvalue weighted by Gasteiger charge is 2.13. The molecule has 2 aromatic rings. The Labute approximate surface area is 136 Å². The minimum Gasteiger partial charge on any atom is -0.327 e. The van der Waals surface area contributed by atoms with E-state index in [1.165, 1.54) is 16.7 Å². The molecule has 0 amide bonds. The van der Waals surface area contributed by atoms with Crippen LogP contribution in [0.5, 0.6) is 0 Å². The highest BCUT2D eigenvalue weighted by atomic mass is 79.9. The second kappa shape index (κ2) is 6.76. The predicted molar refractivity (Wildman–Crippen MR) is 94.7 cm³/mol. The van der Waals surface area contributed by atoms with Gasteiger partial charge in [0.05, 0.1) is 0 Å². The SMILES string of the molecule is CC(C)(C)c1ccc(CC(N)Cc2ccc(Br)cc2)cc1. The van der Waals surface area contributed by atoms with E-state index in [0.29, 0.717) is 0 Å². The summed E-state index contributed by atoms with van der Waals surface area (Å²) < 4.78 is 1.11. The first-order chi connectivity index (χ1) is 9.84. The lowest BCUT2D eigenvalue weighted by atomic mass is 9.86. The summed E-state index contributed by atoms with van der Waals surface area (Å²) in [6.07, 6.45) is 1.83. The van der Waals surface area contributed by atoms with Gasteiger partial charge in [-0.3, -0.25) is 0 Å².